The highest BCUT2D eigenvalue weighted by atomic mass is 35.5. The summed E-state index contributed by atoms with van der Waals surface area (Å²) in [5.74, 6) is 1.37. The Labute approximate surface area is 222 Å². The molecule has 2 aromatic heterocycles. The van der Waals surface area contributed by atoms with Gasteiger partial charge in [-0.25, -0.2) is 14.6 Å². The number of aliphatic hydroxyl groups excluding tert-OH is 1. The number of aliphatic hydroxyl groups is 1. The third kappa shape index (κ3) is 4.98. The summed E-state index contributed by atoms with van der Waals surface area (Å²) in [7, 11) is 0. The molecule has 10 heteroatoms. The lowest BCUT2D eigenvalue weighted by molar-refractivity contribution is 0.0800. The number of nitrogens with zero attached hydrogens (tertiary/aromatic N) is 6. The second-order valence-corrected chi connectivity index (χ2v) is 10.6. The van der Waals surface area contributed by atoms with Crippen LogP contribution in [0, 0.1) is 12.8 Å². The molecule has 0 saturated carbocycles. The van der Waals surface area contributed by atoms with E-state index < -0.39 is 0 Å². The van der Waals surface area contributed by atoms with Crippen molar-refractivity contribution in [3.05, 3.63) is 45.7 Å². The Bertz CT molecular complexity index is 1190. The number of benzene rings is 1. The number of hydrogen-bond acceptors (Lipinski definition) is 6. The van der Waals surface area contributed by atoms with Crippen molar-refractivity contribution in [2.75, 3.05) is 31.1 Å². The van der Waals surface area contributed by atoms with E-state index in [9.17, 15) is 5.11 Å². The molecule has 2 aliphatic heterocycles. The van der Waals surface area contributed by atoms with E-state index in [0.29, 0.717) is 28.0 Å². The van der Waals surface area contributed by atoms with Crippen LogP contribution in [0.1, 0.15) is 50.4 Å². The van der Waals surface area contributed by atoms with Crippen LogP contribution < -0.4 is 4.90 Å². The summed E-state index contributed by atoms with van der Waals surface area (Å²) in [5, 5.41) is 15.8. The molecule has 0 aliphatic carbocycles. The fourth-order valence-corrected chi connectivity index (χ4v) is 6.33. The zero-order valence-electron chi connectivity index (χ0n) is 20.4. The van der Waals surface area contributed by atoms with Crippen LogP contribution in [0.2, 0.25) is 10.0 Å². The van der Waals surface area contributed by atoms with Crippen molar-refractivity contribution in [2.24, 2.45) is 5.92 Å². The molecule has 1 aromatic carbocycles. The van der Waals surface area contributed by atoms with Gasteiger partial charge < -0.3 is 10.0 Å². The summed E-state index contributed by atoms with van der Waals surface area (Å²) in [6, 6.07) is 6.27. The first kappa shape index (κ1) is 26.4. The number of piperidine rings is 1. The Balaban J connectivity index is 0.00000289. The minimum atomic E-state index is -0.110. The van der Waals surface area contributed by atoms with Crippen molar-refractivity contribution in [1.82, 2.24) is 24.6 Å². The van der Waals surface area contributed by atoms with E-state index in [0.717, 1.165) is 60.7 Å². The van der Waals surface area contributed by atoms with Crippen LogP contribution in [0.5, 0.6) is 0 Å². The summed E-state index contributed by atoms with van der Waals surface area (Å²) in [6.07, 6.45) is 5.22. The first-order valence-electron chi connectivity index (χ1n) is 12.2. The molecule has 7 nitrogen and oxygen atoms in total. The molecule has 2 fully saturated rings. The summed E-state index contributed by atoms with van der Waals surface area (Å²) in [4.78, 5) is 14.7. The lowest BCUT2D eigenvalue weighted by atomic mass is 9.92. The molecule has 0 radical (unpaired) electrons. The molecular weight excluding hydrogens is 507 g/mol. The van der Waals surface area contributed by atoms with Gasteiger partial charge in [-0.1, -0.05) is 36.2 Å². The van der Waals surface area contributed by atoms with Gasteiger partial charge in [-0.2, -0.15) is 5.10 Å². The number of aryl methyl sites for hydroxylation is 1. The molecule has 1 unspecified atom stereocenters. The number of aromatic nitrogens is 4. The Kier molecular flexibility index (Phi) is 8.13. The van der Waals surface area contributed by atoms with Crippen LogP contribution in [0.3, 0.4) is 0 Å². The Morgan fingerprint density at radius 2 is 2.00 bits per heavy atom. The molecule has 0 amide bonds. The smallest absolute Gasteiger partial charge is 0.179 e. The normalized spacial score (nSPS) is 24.1. The van der Waals surface area contributed by atoms with Crippen LogP contribution >= 0.6 is 35.6 Å². The monoisotopic (exact) mass is 538 g/mol. The van der Waals surface area contributed by atoms with Gasteiger partial charge >= 0.3 is 0 Å². The van der Waals surface area contributed by atoms with E-state index in [-0.39, 0.29) is 25.1 Å². The number of rotatable bonds is 5. The summed E-state index contributed by atoms with van der Waals surface area (Å²) < 4.78 is 1.92. The second-order valence-electron chi connectivity index (χ2n) is 9.77. The average Bonchev–Trinajstić information content (AvgIpc) is 3.42. The van der Waals surface area contributed by atoms with Crippen LogP contribution in [0.25, 0.3) is 11.2 Å². The zero-order chi connectivity index (χ0) is 24.0. The fraction of sp³-hybridized carbons (Fsp3) is 0.560. The highest BCUT2D eigenvalue weighted by Crippen LogP contribution is 2.33. The van der Waals surface area contributed by atoms with Gasteiger partial charge in [0.05, 0.1) is 24.5 Å². The zero-order valence-corrected chi connectivity index (χ0v) is 22.7. The van der Waals surface area contributed by atoms with Crippen molar-refractivity contribution in [1.29, 1.82) is 0 Å². The van der Waals surface area contributed by atoms with E-state index >= 15 is 0 Å². The third-order valence-electron chi connectivity index (χ3n) is 7.58. The fourth-order valence-electron chi connectivity index (χ4n) is 5.76. The number of hydrogen-bond donors (Lipinski definition) is 1. The number of anilines is 1. The van der Waals surface area contributed by atoms with Crippen LogP contribution in [-0.2, 0) is 0 Å². The van der Waals surface area contributed by atoms with Gasteiger partial charge in [0.25, 0.3) is 0 Å². The SMILES string of the molecule is Cc1nn([C@H](C)c2ccc(Cl)cc2Cl)c2nc(N3CC[C@@H](N4CCCC4CO)[C@@H](C)C3)cnc12.Cl. The van der Waals surface area contributed by atoms with Crippen molar-refractivity contribution < 1.29 is 5.11 Å². The Morgan fingerprint density at radius 3 is 2.71 bits per heavy atom. The van der Waals surface area contributed by atoms with Crippen molar-refractivity contribution >= 4 is 52.6 Å². The standard InChI is InChI=1S/C25H32Cl2N6O.ClH/c1-15-13-31(10-8-22(15)32-9-4-5-19(32)14-34)23-12-28-24-16(2)30-33(25(24)29-23)17(3)20-7-6-18(26)11-21(20)27;/h6-7,11-12,15,17,19,22,34H,4-5,8-10,13-14H2,1-3H3;1H/t15-,17+,19?,22+;/m0./s1. The van der Waals surface area contributed by atoms with Gasteiger partial charge in [0.15, 0.2) is 5.65 Å². The van der Waals surface area contributed by atoms with Crippen molar-refractivity contribution in [3.8, 4) is 0 Å². The van der Waals surface area contributed by atoms with E-state index in [4.69, 9.17) is 38.3 Å². The van der Waals surface area contributed by atoms with Gasteiger partial charge in [0.2, 0.25) is 0 Å². The van der Waals surface area contributed by atoms with E-state index in [2.05, 4.69) is 23.6 Å². The molecule has 4 atom stereocenters. The van der Waals surface area contributed by atoms with E-state index in [1.54, 1.807) is 6.07 Å². The van der Waals surface area contributed by atoms with E-state index in [1.807, 2.05) is 29.9 Å². The van der Waals surface area contributed by atoms with Crippen LogP contribution in [0.4, 0.5) is 5.82 Å². The summed E-state index contributed by atoms with van der Waals surface area (Å²) in [6.45, 7) is 9.54. The number of halogens is 3. The largest absolute Gasteiger partial charge is 0.395 e. The maximum atomic E-state index is 9.78. The van der Waals surface area contributed by atoms with Gasteiger partial charge in [0, 0.05) is 35.2 Å². The second kappa shape index (κ2) is 10.8. The number of fused-ring (bicyclic) bond motifs is 1. The topological polar surface area (TPSA) is 70.3 Å². The van der Waals surface area contributed by atoms with Gasteiger partial charge in [-0.3, -0.25) is 4.90 Å². The molecule has 35 heavy (non-hydrogen) atoms. The Hall–Kier alpha value is -1.64. The quantitative estimate of drug-likeness (QED) is 0.484. The first-order chi connectivity index (χ1) is 16.4. The summed E-state index contributed by atoms with van der Waals surface area (Å²) in [5.41, 5.74) is 3.37. The molecule has 2 saturated heterocycles. The number of likely N-dealkylation sites (tertiary alicyclic amines) is 1. The molecule has 2 aliphatic rings. The molecule has 3 aromatic rings. The molecular formula is C25H33Cl3N6O. The molecule has 0 spiro atoms. The maximum absolute atomic E-state index is 9.78. The highest BCUT2D eigenvalue weighted by molar-refractivity contribution is 6.35. The third-order valence-corrected chi connectivity index (χ3v) is 8.14. The minimum Gasteiger partial charge on any atom is -0.395 e. The van der Waals surface area contributed by atoms with Gasteiger partial charge in [-0.05, 0) is 63.3 Å². The van der Waals surface area contributed by atoms with E-state index in [1.165, 1.54) is 6.42 Å². The lowest BCUT2D eigenvalue weighted by Crippen LogP contribution is -2.52. The molecule has 0 bridgehead atoms. The lowest BCUT2D eigenvalue weighted by Gasteiger charge is -2.43. The maximum Gasteiger partial charge on any atom is 0.179 e. The minimum absolute atomic E-state index is 0. The van der Waals surface area contributed by atoms with Crippen molar-refractivity contribution in [2.45, 2.75) is 58.2 Å². The molecule has 4 heterocycles. The highest BCUT2D eigenvalue weighted by Gasteiger charge is 2.36. The van der Waals surface area contributed by atoms with Gasteiger partial charge in [-0.15, -0.1) is 12.4 Å². The average molecular weight is 540 g/mol. The predicted octanol–water partition coefficient (Wildman–Crippen LogP) is 5.14. The van der Waals surface area contributed by atoms with Gasteiger partial charge in [0.1, 0.15) is 11.3 Å². The van der Waals surface area contributed by atoms with Crippen molar-refractivity contribution in [3.63, 3.8) is 0 Å². The van der Waals surface area contributed by atoms with Crippen LogP contribution in [0.15, 0.2) is 24.4 Å². The molecule has 1 N–H and O–H groups in total. The molecule has 5 rings (SSSR count). The predicted molar refractivity (Wildman–Crippen MR) is 144 cm³/mol. The van der Waals surface area contributed by atoms with Crippen LogP contribution in [-0.4, -0.2) is 68.1 Å². The molecule has 190 valence electrons. The summed E-state index contributed by atoms with van der Waals surface area (Å²) >= 11 is 12.6. The first-order valence-corrected chi connectivity index (χ1v) is 12.9. The Morgan fingerprint density at radius 1 is 1.20 bits per heavy atom.